The van der Waals surface area contributed by atoms with Crippen LogP contribution in [0.1, 0.15) is 18.4 Å². The molecule has 14 heavy (non-hydrogen) atoms. The normalized spacial score (nSPS) is 9.50. The van der Waals surface area contributed by atoms with E-state index in [9.17, 15) is 0 Å². The Morgan fingerprint density at radius 2 is 2.00 bits per heavy atom. The fourth-order valence-electron chi connectivity index (χ4n) is 1.41. The van der Waals surface area contributed by atoms with Crippen molar-refractivity contribution in [1.29, 1.82) is 0 Å². The van der Waals surface area contributed by atoms with Crippen molar-refractivity contribution in [3.63, 3.8) is 0 Å². The Kier molecular flexibility index (Phi) is 4.77. The Morgan fingerprint density at radius 1 is 1.29 bits per heavy atom. The van der Waals surface area contributed by atoms with Crippen LogP contribution in [0.25, 0.3) is 0 Å². The first kappa shape index (κ1) is 10.8. The van der Waals surface area contributed by atoms with Gasteiger partial charge in [0.1, 0.15) is 0 Å². The molecule has 0 aliphatic carbocycles. The van der Waals surface area contributed by atoms with Gasteiger partial charge in [-0.05, 0) is 30.4 Å². The molecule has 0 unspecified atom stereocenters. The van der Waals surface area contributed by atoms with Crippen molar-refractivity contribution in [3.05, 3.63) is 53.8 Å². The van der Waals surface area contributed by atoms with Gasteiger partial charge in [-0.25, -0.2) is 0 Å². The van der Waals surface area contributed by atoms with E-state index in [0.29, 0.717) is 6.54 Å². The molecule has 1 aromatic carbocycles. The van der Waals surface area contributed by atoms with Gasteiger partial charge in [-0.15, -0.1) is 5.73 Å². The highest BCUT2D eigenvalue weighted by molar-refractivity contribution is 5.15. The summed E-state index contributed by atoms with van der Waals surface area (Å²) in [6.45, 7) is 4.20. The third kappa shape index (κ3) is 3.61. The molecule has 0 atom stereocenters. The van der Waals surface area contributed by atoms with Crippen molar-refractivity contribution in [1.82, 2.24) is 0 Å². The number of rotatable bonds is 5. The number of nitrogens with two attached hydrogens (primary N) is 1. The zero-order chi connectivity index (χ0) is 10.2. The van der Waals surface area contributed by atoms with E-state index in [1.165, 1.54) is 5.56 Å². The van der Waals surface area contributed by atoms with E-state index in [4.69, 9.17) is 5.73 Å². The fourth-order valence-corrected chi connectivity index (χ4v) is 1.41. The molecular formula is C13H17N. The van der Waals surface area contributed by atoms with E-state index in [2.05, 4.69) is 36.6 Å². The molecule has 1 nitrogen and oxygen atoms in total. The minimum absolute atomic E-state index is 0.582. The topological polar surface area (TPSA) is 26.0 Å². The summed E-state index contributed by atoms with van der Waals surface area (Å²) in [5, 5.41) is 0. The summed E-state index contributed by atoms with van der Waals surface area (Å²) in [4.78, 5) is 0. The molecule has 1 heteroatoms. The van der Waals surface area contributed by atoms with Gasteiger partial charge >= 0.3 is 0 Å². The van der Waals surface area contributed by atoms with Crippen LogP contribution in [-0.4, -0.2) is 6.54 Å². The van der Waals surface area contributed by atoms with Crippen LogP contribution in [0.3, 0.4) is 0 Å². The van der Waals surface area contributed by atoms with Crippen molar-refractivity contribution in [3.8, 4) is 0 Å². The lowest BCUT2D eigenvalue weighted by Gasteiger charge is -2.02. The lowest BCUT2D eigenvalue weighted by Crippen LogP contribution is -2.02. The number of hydrogen-bond donors (Lipinski definition) is 1. The highest BCUT2D eigenvalue weighted by Crippen LogP contribution is 2.08. The second-order valence-corrected chi connectivity index (χ2v) is 3.32. The average molecular weight is 187 g/mol. The Morgan fingerprint density at radius 3 is 2.57 bits per heavy atom. The van der Waals surface area contributed by atoms with Crippen LogP contribution >= 0.6 is 0 Å². The first-order chi connectivity index (χ1) is 6.86. The molecule has 0 radical (unpaired) electrons. The third-order valence-electron chi connectivity index (χ3n) is 2.28. The largest absolute Gasteiger partial charge is 0.326 e. The summed E-state index contributed by atoms with van der Waals surface area (Å²) in [6.07, 6.45) is 3.24. The molecule has 0 heterocycles. The second kappa shape index (κ2) is 6.20. The van der Waals surface area contributed by atoms with E-state index < -0.39 is 0 Å². The molecule has 0 aliphatic heterocycles. The standard InChI is InChI=1S/C13H17N/c1-2-12(11-14)9-6-10-13-7-4-3-5-8-13/h3-5,7-8H,1,6,9-11,14H2. The van der Waals surface area contributed by atoms with Gasteiger partial charge in [0.15, 0.2) is 0 Å². The molecule has 1 rings (SSSR count). The maximum Gasteiger partial charge on any atom is 0.0213 e. The summed E-state index contributed by atoms with van der Waals surface area (Å²) < 4.78 is 0. The van der Waals surface area contributed by atoms with Gasteiger partial charge in [-0.3, -0.25) is 0 Å². The quantitative estimate of drug-likeness (QED) is 0.705. The van der Waals surface area contributed by atoms with Crippen molar-refractivity contribution < 1.29 is 0 Å². The molecule has 74 valence electrons. The highest BCUT2D eigenvalue weighted by Gasteiger charge is 1.95. The zero-order valence-electron chi connectivity index (χ0n) is 8.50. The van der Waals surface area contributed by atoms with Crippen molar-refractivity contribution in [2.45, 2.75) is 19.3 Å². The minimum atomic E-state index is 0.582. The summed E-state index contributed by atoms with van der Waals surface area (Å²) in [7, 11) is 0. The van der Waals surface area contributed by atoms with Crippen LogP contribution in [-0.2, 0) is 6.42 Å². The van der Waals surface area contributed by atoms with Crippen LogP contribution in [0.5, 0.6) is 0 Å². The van der Waals surface area contributed by atoms with E-state index in [1.807, 2.05) is 6.07 Å². The van der Waals surface area contributed by atoms with Crippen LogP contribution in [0.4, 0.5) is 0 Å². The summed E-state index contributed by atoms with van der Waals surface area (Å²) >= 11 is 0. The van der Waals surface area contributed by atoms with Gasteiger partial charge in [0.2, 0.25) is 0 Å². The summed E-state index contributed by atoms with van der Waals surface area (Å²) in [5.41, 5.74) is 10.9. The summed E-state index contributed by atoms with van der Waals surface area (Å²) in [6, 6.07) is 10.5. The Balaban J connectivity index is 2.32. The maximum absolute atomic E-state index is 5.52. The maximum atomic E-state index is 5.52. The Bertz CT molecular complexity index is 307. The van der Waals surface area contributed by atoms with Crippen molar-refractivity contribution in [2.24, 2.45) is 5.73 Å². The SMILES string of the molecule is C=C=C(CN)CCCc1ccccc1. The summed E-state index contributed by atoms with van der Waals surface area (Å²) in [5.74, 6) is 0. The van der Waals surface area contributed by atoms with Gasteiger partial charge in [0.05, 0.1) is 0 Å². The molecule has 2 N–H and O–H groups in total. The van der Waals surface area contributed by atoms with Gasteiger partial charge in [-0.1, -0.05) is 36.9 Å². The van der Waals surface area contributed by atoms with Gasteiger partial charge in [-0.2, -0.15) is 0 Å². The molecule has 0 saturated carbocycles. The molecule has 0 aliphatic rings. The first-order valence-electron chi connectivity index (χ1n) is 4.98. The molecule has 0 bridgehead atoms. The Hall–Kier alpha value is -1.30. The second-order valence-electron chi connectivity index (χ2n) is 3.32. The molecule has 0 aromatic heterocycles. The lowest BCUT2D eigenvalue weighted by molar-refractivity contribution is 0.798. The number of hydrogen-bond acceptors (Lipinski definition) is 1. The molecule has 0 amide bonds. The van der Waals surface area contributed by atoms with Crippen LogP contribution < -0.4 is 5.73 Å². The third-order valence-corrected chi connectivity index (χ3v) is 2.28. The van der Waals surface area contributed by atoms with Gasteiger partial charge in [0, 0.05) is 6.54 Å². The predicted molar refractivity (Wildman–Crippen MR) is 61.1 cm³/mol. The van der Waals surface area contributed by atoms with Crippen LogP contribution in [0.2, 0.25) is 0 Å². The molecule has 0 fully saturated rings. The zero-order valence-corrected chi connectivity index (χ0v) is 8.50. The van der Waals surface area contributed by atoms with Gasteiger partial charge < -0.3 is 5.73 Å². The highest BCUT2D eigenvalue weighted by atomic mass is 14.5. The van der Waals surface area contributed by atoms with E-state index in [0.717, 1.165) is 24.8 Å². The van der Waals surface area contributed by atoms with E-state index in [1.54, 1.807) is 0 Å². The van der Waals surface area contributed by atoms with E-state index in [-0.39, 0.29) is 0 Å². The molecular weight excluding hydrogens is 170 g/mol. The monoisotopic (exact) mass is 187 g/mol. The van der Waals surface area contributed by atoms with Crippen LogP contribution in [0.15, 0.2) is 48.2 Å². The smallest absolute Gasteiger partial charge is 0.0213 e. The fraction of sp³-hybridized carbons (Fsp3) is 0.308. The number of benzene rings is 1. The molecule has 1 aromatic rings. The first-order valence-corrected chi connectivity index (χ1v) is 4.98. The average Bonchev–Trinajstić information content (AvgIpc) is 2.26. The van der Waals surface area contributed by atoms with E-state index >= 15 is 0 Å². The molecule has 0 spiro atoms. The molecule has 0 saturated heterocycles. The van der Waals surface area contributed by atoms with Crippen LogP contribution in [0, 0.1) is 0 Å². The van der Waals surface area contributed by atoms with Crippen molar-refractivity contribution >= 4 is 0 Å². The lowest BCUT2D eigenvalue weighted by atomic mass is 10.0. The minimum Gasteiger partial charge on any atom is -0.326 e. The predicted octanol–water partition coefficient (Wildman–Crippen LogP) is 2.68. The Labute approximate surface area is 85.9 Å². The van der Waals surface area contributed by atoms with Crippen molar-refractivity contribution in [2.75, 3.05) is 6.54 Å². The number of aryl methyl sites for hydroxylation is 1. The van der Waals surface area contributed by atoms with Gasteiger partial charge in [0.25, 0.3) is 0 Å².